The minimum absolute atomic E-state index is 0.109. The predicted molar refractivity (Wildman–Crippen MR) is 146 cm³/mol. The van der Waals surface area contributed by atoms with E-state index < -0.39 is 5.82 Å². The lowest BCUT2D eigenvalue weighted by molar-refractivity contribution is -0.111. The van der Waals surface area contributed by atoms with Crippen LogP contribution < -0.4 is 25.0 Å². The van der Waals surface area contributed by atoms with Crippen LogP contribution in [0.1, 0.15) is 12.8 Å². The summed E-state index contributed by atoms with van der Waals surface area (Å²) in [4.78, 5) is 25.0. The highest BCUT2D eigenvalue weighted by Crippen LogP contribution is 2.39. The summed E-state index contributed by atoms with van der Waals surface area (Å²) in [5.74, 6) is -0.380. The standard InChI is InChI=1S/C25H34FN7O3S/c1-6-23(34)28-19-11-20(22(35-4)12-21(19)32-9-7-16(8-10-32)31(2)3)29-25-27-13-18(26)24(30-25)36-17-14-33(15-17)37-5/h6,11-13,16-17H,1,7-10,14-15H2,2-5H3,(H,28,34)(H,27,29,30). The highest BCUT2D eigenvalue weighted by molar-refractivity contribution is 7.96. The summed E-state index contributed by atoms with van der Waals surface area (Å²) >= 11 is 1.62. The van der Waals surface area contributed by atoms with Gasteiger partial charge in [0.25, 0.3) is 5.88 Å². The monoisotopic (exact) mass is 531 g/mol. The Morgan fingerprint density at radius 1 is 1.27 bits per heavy atom. The van der Waals surface area contributed by atoms with E-state index in [-0.39, 0.29) is 23.8 Å². The summed E-state index contributed by atoms with van der Waals surface area (Å²) in [5.41, 5.74) is 1.97. The summed E-state index contributed by atoms with van der Waals surface area (Å²) in [7, 11) is 5.76. The van der Waals surface area contributed by atoms with Crippen LogP contribution in [0.25, 0.3) is 0 Å². The first kappa shape index (κ1) is 27.0. The van der Waals surface area contributed by atoms with Gasteiger partial charge in [0.1, 0.15) is 11.9 Å². The minimum atomic E-state index is -0.629. The number of aromatic nitrogens is 2. The summed E-state index contributed by atoms with van der Waals surface area (Å²) < 4.78 is 27.9. The molecule has 0 spiro atoms. The number of halogens is 1. The molecule has 200 valence electrons. The number of nitrogens with one attached hydrogen (secondary N) is 2. The number of anilines is 4. The SMILES string of the molecule is C=CC(=O)Nc1cc(Nc2ncc(F)c(OC3CN(SC)C3)n2)c(OC)cc1N1CCC(N(C)C)CC1. The number of carbonyl (C=O) groups is 1. The molecule has 37 heavy (non-hydrogen) atoms. The Labute approximate surface area is 221 Å². The van der Waals surface area contributed by atoms with E-state index in [9.17, 15) is 9.18 Å². The fourth-order valence-corrected chi connectivity index (χ4v) is 5.03. The van der Waals surface area contributed by atoms with Gasteiger partial charge in [0.05, 0.1) is 30.4 Å². The van der Waals surface area contributed by atoms with E-state index in [0.717, 1.165) is 37.8 Å². The van der Waals surface area contributed by atoms with Gasteiger partial charge in [0.2, 0.25) is 17.7 Å². The molecule has 2 N–H and O–H groups in total. The molecule has 0 unspecified atom stereocenters. The highest BCUT2D eigenvalue weighted by Gasteiger charge is 2.29. The Balaban J connectivity index is 1.58. The average Bonchev–Trinajstić information content (AvgIpc) is 2.87. The molecular weight excluding hydrogens is 497 g/mol. The molecule has 2 saturated heterocycles. The van der Waals surface area contributed by atoms with Crippen LogP contribution in [-0.4, -0.2) is 90.9 Å². The molecule has 0 radical (unpaired) electrons. The van der Waals surface area contributed by atoms with Gasteiger partial charge >= 0.3 is 0 Å². The van der Waals surface area contributed by atoms with E-state index in [0.29, 0.717) is 36.3 Å². The van der Waals surface area contributed by atoms with Crippen molar-refractivity contribution in [1.29, 1.82) is 0 Å². The Morgan fingerprint density at radius 3 is 2.62 bits per heavy atom. The van der Waals surface area contributed by atoms with Crippen molar-refractivity contribution in [3.05, 3.63) is 36.8 Å². The number of benzene rings is 1. The molecule has 2 aromatic rings. The number of hydrogen-bond donors (Lipinski definition) is 2. The summed E-state index contributed by atoms with van der Waals surface area (Å²) in [6.45, 7) is 6.64. The van der Waals surface area contributed by atoms with Gasteiger partial charge in [-0.15, -0.1) is 0 Å². The first-order chi connectivity index (χ1) is 17.8. The Morgan fingerprint density at radius 2 is 2.00 bits per heavy atom. The van der Waals surface area contributed by atoms with Crippen molar-refractivity contribution in [3.63, 3.8) is 0 Å². The van der Waals surface area contributed by atoms with Crippen molar-refractivity contribution in [2.45, 2.75) is 25.0 Å². The number of methoxy groups -OCH3 is 1. The van der Waals surface area contributed by atoms with Gasteiger partial charge in [-0.2, -0.15) is 9.37 Å². The third-order valence-corrected chi connectivity index (χ3v) is 7.42. The Hall–Kier alpha value is -3.09. The zero-order valence-electron chi connectivity index (χ0n) is 21.7. The lowest BCUT2D eigenvalue weighted by Gasteiger charge is -2.37. The van der Waals surface area contributed by atoms with Gasteiger partial charge in [-0.1, -0.05) is 18.5 Å². The van der Waals surface area contributed by atoms with Gasteiger partial charge < -0.3 is 29.9 Å². The van der Waals surface area contributed by atoms with Crippen molar-refractivity contribution < 1.29 is 18.7 Å². The summed E-state index contributed by atoms with van der Waals surface area (Å²) in [6, 6.07) is 4.16. The zero-order chi connectivity index (χ0) is 26.5. The highest BCUT2D eigenvalue weighted by atomic mass is 32.2. The van der Waals surface area contributed by atoms with Crippen molar-refractivity contribution in [1.82, 2.24) is 19.2 Å². The topological polar surface area (TPSA) is 95.1 Å². The lowest BCUT2D eigenvalue weighted by atomic mass is 10.0. The van der Waals surface area contributed by atoms with Gasteiger partial charge in [0.15, 0.2) is 0 Å². The number of piperidine rings is 1. The third-order valence-electron chi connectivity index (χ3n) is 6.61. The molecule has 1 aromatic carbocycles. The molecule has 1 amide bonds. The average molecular weight is 532 g/mol. The summed E-state index contributed by atoms with van der Waals surface area (Å²) in [5, 5.41) is 6.00. The van der Waals surface area contributed by atoms with Crippen molar-refractivity contribution in [2.24, 2.45) is 0 Å². The molecule has 2 aliphatic heterocycles. The maximum absolute atomic E-state index is 14.3. The van der Waals surface area contributed by atoms with Crippen LogP contribution in [-0.2, 0) is 4.79 Å². The molecule has 4 rings (SSSR count). The van der Waals surface area contributed by atoms with Gasteiger partial charge in [-0.3, -0.25) is 4.79 Å². The van der Waals surface area contributed by atoms with E-state index in [1.807, 2.05) is 12.3 Å². The molecule has 0 bridgehead atoms. The number of carbonyl (C=O) groups excluding carboxylic acids is 1. The van der Waals surface area contributed by atoms with E-state index >= 15 is 0 Å². The summed E-state index contributed by atoms with van der Waals surface area (Å²) in [6.07, 6.45) is 6.17. The molecule has 2 fully saturated rings. The van der Waals surface area contributed by atoms with E-state index in [2.05, 4.69) is 55.4 Å². The molecule has 0 atom stereocenters. The van der Waals surface area contributed by atoms with Crippen LogP contribution in [0.4, 0.5) is 27.4 Å². The van der Waals surface area contributed by atoms with Crippen molar-refractivity contribution in [2.75, 3.05) is 69.2 Å². The normalized spacial score (nSPS) is 16.9. The minimum Gasteiger partial charge on any atom is -0.494 e. The fourth-order valence-electron chi connectivity index (χ4n) is 4.40. The first-order valence-corrected chi connectivity index (χ1v) is 13.3. The van der Waals surface area contributed by atoms with Crippen LogP contribution in [0.5, 0.6) is 11.6 Å². The van der Waals surface area contributed by atoms with Crippen LogP contribution >= 0.6 is 11.9 Å². The van der Waals surface area contributed by atoms with Gasteiger partial charge in [0, 0.05) is 38.3 Å². The molecule has 3 heterocycles. The zero-order valence-corrected chi connectivity index (χ0v) is 22.5. The Bertz CT molecular complexity index is 1120. The number of amides is 1. The predicted octanol–water partition coefficient (Wildman–Crippen LogP) is 3.36. The molecule has 2 aliphatic rings. The second-order valence-corrected chi connectivity index (χ2v) is 10.1. The maximum Gasteiger partial charge on any atom is 0.255 e. The van der Waals surface area contributed by atoms with Crippen LogP contribution in [0.2, 0.25) is 0 Å². The van der Waals surface area contributed by atoms with E-state index in [4.69, 9.17) is 9.47 Å². The molecule has 1 aromatic heterocycles. The van der Waals surface area contributed by atoms with Gasteiger partial charge in [-0.25, -0.2) is 9.29 Å². The Kier molecular flexibility index (Phi) is 8.72. The largest absolute Gasteiger partial charge is 0.494 e. The third kappa shape index (κ3) is 6.43. The fraction of sp³-hybridized carbons (Fsp3) is 0.480. The smallest absolute Gasteiger partial charge is 0.255 e. The second kappa shape index (κ2) is 12.0. The first-order valence-electron chi connectivity index (χ1n) is 12.1. The van der Waals surface area contributed by atoms with E-state index in [1.165, 1.54) is 6.08 Å². The molecule has 10 nitrogen and oxygen atoms in total. The van der Waals surface area contributed by atoms with E-state index in [1.54, 1.807) is 25.1 Å². The quantitative estimate of drug-likeness (QED) is 0.351. The number of hydrogen-bond acceptors (Lipinski definition) is 10. The number of rotatable bonds is 10. The molecule has 0 aliphatic carbocycles. The van der Waals surface area contributed by atoms with Crippen LogP contribution in [0.3, 0.4) is 0 Å². The number of nitrogens with zero attached hydrogens (tertiary/aromatic N) is 5. The molecule has 0 saturated carbocycles. The van der Waals surface area contributed by atoms with Crippen LogP contribution in [0, 0.1) is 5.82 Å². The number of ether oxygens (including phenoxy) is 2. The van der Waals surface area contributed by atoms with Gasteiger partial charge in [-0.05, 0) is 45.3 Å². The van der Waals surface area contributed by atoms with Crippen molar-refractivity contribution >= 4 is 40.9 Å². The lowest BCUT2D eigenvalue weighted by Crippen LogP contribution is -2.50. The van der Waals surface area contributed by atoms with Crippen molar-refractivity contribution in [3.8, 4) is 11.6 Å². The second-order valence-electron chi connectivity index (χ2n) is 9.19. The molecule has 12 heteroatoms. The maximum atomic E-state index is 14.3. The molecular formula is C25H34FN7O3S. The van der Waals surface area contributed by atoms with Crippen LogP contribution in [0.15, 0.2) is 31.0 Å².